The molecule has 2 nitrogen and oxygen atoms in total. The summed E-state index contributed by atoms with van der Waals surface area (Å²) in [5.74, 6) is -0.458. The standard InChI is InChI=1S/C17H24F4N2/c1-3-4-12(2)16(23-9-7-22-8-10-23)14-11-13(17(19,20)21)5-6-15(14)18/h5-6,11-12,16,22H,3-4,7-10H2,1-2H3/t12?,16-/m0/s1. The average molecular weight is 332 g/mol. The molecule has 1 fully saturated rings. The quantitative estimate of drug-likeness (QED) is 0.812. The molecule has 2 atom stereocenters. The van der Waals surface area contributed by atoms with Gasteiger partial charge in [0, 0.05) is 37.8 Å². The van der Waals surface area contributed by atoms with E-state index >= 15 is 0 Å². The van der Waals surface area contributed by atoms with Crippen molar-refractivity contribution in [1.82, 2.24) is 10.2 Å². The van der Waals surface area contributed by atoms with E-state index in [-0.39, 0.29) is 17.5 Å². The molecule has 1 aromatic rings. The zero-order chi connectivity index (χ0) is 17.0. The van der Waals surface area contributed by atoms with Crippen molar-refractivity contribution in [3.05, 3.63) is 35.1 Å². The molecule has 1 N–H and O–H groups in total. The van der Waals surface area contributed by atoms with Crippen LogP contribution in [0.15, 0.2) is 18.2 Å². The molecular formula is C17H24F4N2. The van der Waals surface area contributed by atoms with Crippen LogP contribution >= 0.6 is 0 Å². The second kappa shape index (κ2) is 7.62. The second-order valence-electron chi connectivity index (χ2n) is 6.23. The molecule has 130 valence electrons. The van der Waals surface area contributed by atoms with Gasteiger partial charge in [-0.25, -0.2) is 4.39 Å². The van der Waals surface area contributed by atoms with E-state index in [9.17, 15) is 17.6 Å². The predicted molar refractivity (Wildman–Crippen MR) is 82.7 cm³/mol. The minimum atomic E-state index is -4.45. The van der Waals surface area contributed by atoms with Crippen molar-refractivity contribution in [2.24, 2.45) is 5.92 Å². The Morgan fingerprint density at radius 3 is 2.43 bits per heavy atom. The molecule has 1 aromatic carbocycles. The first kappa shape index (κ1) is 18.2. The van der Waals surface area contributed by atoms with Crippen LogP contribution in [0, 0.1) is 11.7 Å². The smallest absolute Gasteiger partial charge is 0.314 e. The summed E-state index contributed by atoms with van der Waals surface area (Å²) in [6, 6.07) is 2.44. The van der Waals surface area contributed by atoms with Crippen LogP contribution in [-0.4, -0.2) is 31.1 Å². The molecule has 1 saturated heterocycles. The molecular weight excluding hydrogens is 308 g/mol. The van der Waals surface area contributed by atoms with Gasteiger partial charge in [-0.1, -0.05) is 20.3 Å². The van der Waals surface area contributed by atoms with Gasteiger partial charge in [0.05, 0.1) is 5.56 Å². The van der Waals surface area contributed by atoms with Gasteiger partial charge in [0.2, 0.25) is 0 Å². The number of benzene rings is 1. The fourth-order valence-corrected chi connectivity index (χ4v) is 3.38. The summed E-state index contributed by atoms with van der Waals surface area (Å²) < 4.78 is 53.4. The zero-order valence-corrected chi connectivity index (χ0v) is 13.6. The zero-order valence-electron chi connectivity index (χ0n) is 13.6. The number of piperazine rings is 1. The maximum absolute atomic E-state index is 14.4. The number of nitrogens with zero attached hydrogens (tertiary/aromatic N) is 1. The van der Waals surface area contributed by atoms with E-state index in [2.05, 4.69) is 10.2 Å². The van der Waals surface area contributed by atoms with Crippen molar-refractivity contribution >= 4 is 0 Å². The van der Waals surface area contributed by atoms with Crippen molar-refractivity contribution in [3.8, 4) is 0 Å². The third-order valence-corrected chi connectivity index (χ3v) is 4.47. The van der Waals surface area contributed by atoms with Crippen molar-refractivity contribution in [1.29, 1.82) is 0 Å². The van der Waals surface area contributed by atoms with Crippen LogP contribution in [-0.2, 0) is 6.18 Å². The topological polar surface area (TPSA) is 15.3 Å². The molecule has 0 amide bonds. The lowest BCUT2D eigenvalue weighted by Crippen LogP contribution is -2.46. The fraction of sp³-hybridized carbons (Fsp3) is 0.647. The summed E-state index contributed by atoms with van der Waals surface area (Å²) in [6.45, 7) is 7.01. The molecule has 0 radical (unpaired) electrons. The Morgan fingerprint density at radius 2 is 1.87 bits per heavy atom. The van der Waals surface area contributed by atoms with E-state index in [1.54, 1.807) is 0 Å². The lowest BCUT2D eigenvalue weighted by Gasteiger charge is -2.39. The monoisotopic (exact) mass is 332 g/mol. The van der Waals surface area contributed by atoms with Crippen molar-refractivity contribution in [2.45, 2.75) is 38.9 Å². The summed E-state index contributed by atoms with van der Waals surface area (Å²) in [6.07, 6.45) is -2.68. The molecule has 2 rings (SSSR count). The molecule has 23 heavy (non-hydrogen) atoms. The fourth-order valence-electron chi connectivity index (χ4n) is 3.38. The van der Waals surface area contributed by atoms with E-state index in [0.29, 0.717) is 13.1 Å². The molecule has 0 saturated carbocycles. The highest BCUT2D eigenvalue weighted by atomic mass is 19.4. The SMILES string of the molecule is CCCC(C)[C@@H](c1cc(C(F)(F)F)ccc1F)N1CCNCC1. The van der Waals surface area contributed by atoms with Gasteiger partial charge in [-0.2, -0.15) is 13.2 Å². The molecule has 6 heteroatoms. The summed E-state index contributed by atoms with van der Waals surface area (Å²) in [7, 11) is 0. The van der Waals surface area contributed by atoms with Crippen LogP contribution in [0.5, 0.6) is 0 Å². The Labute approximate surface area is 134 Å². The van der Waals surface area contributed by atoms with Crippen LogP contribution in [0.4, 0.5) is 17.6 Å². The Balaban J connectivity index is 2.41. The summed E-state index contributed by atoms with van der Waals surface area (Å²) >= 11 is 0. The normalized spacial score (nSPS) is 19.6. The first-order valence-electron chi connectivity index (χ1n) is 8.16. The number of rotatable bonds is 5. The lowest BCUT2D eigenvalue weighted by atomic mass is 9.88. The minimum absolute atomic E-state index is 0.0936. The number of alkyl halides is 3. The summed E-state index contributed by atoms with van der Waals surface area (Å²) in [5.41, 5.74) is -0.611. The summed E-state index contributed by atoms with van der Waals surface area (Å²) in [4.78, 5) is 2.11. The Hall–Kier alpha value is -1.14. The Bertz CT molecular complexity index is 510. The molecule has 1 unspecified atom stereocenters. The Kier molecular flexibility index (Phi) is 6.03. The highest BCUT2D eigenvalue weighted by Gasteiger charge is 2.34. The number of nitrogens with one attached hydrogen (secondary N) is 1. The predicted octanol–water partition coefficient (Wildman–Crippen LogP) is 4.23. The van der Waals surface area contributed by atoms with Crippen molar-refractivity contribution in [2.75, 3.05) is 26.2 Å². The van der Waals surface area contributed by atoms with E-state index in [1.807, 2.05) is 13.8 Å². The van der Waals surface area contributed by atoms with Gasteiger partial charge >= 0.3 is 6.18 Å². The van der Waals surface area contributed by atoms with E-state index in [4.69, 9.17) is 0 Å². The lowest BCUT2D eigenvalue weighted by molar-refractivity contribution is -0.137. The van der Waals surface area contributed by atoms with Gasteiger partial charge in [-0.3, -0.25) is 4.90 Å². The van der Waals surface area contributed by atoms with Gasteiger partial charge in [-0.15, -0.1) is 0 Å². The maximum Gasteiger partial charge on any atom is 0.416 e. The molecule has 1 heterocycles. The van der Waals surface area contributed by atoms with Gasteiger partial charge in [-0.05, 0) is 30.5 Å². The largest absolute Gasteiger partial charge is 0.416 e. The average Bonchev–Trinajstić information content (AvgIpc) is 2.49. The van der Waals surface area contributed by atoms with Gasteiger partial charge < -0.3 is 5.32 Å². The van der Waals surface area contributed by atoms with E-state index in [1.165, 1.54) is 0 Å². The second-order valence-corrected chi connectivity index (χ2v) is 6.23. The highest BCUT2D eigenvalue weighted by Crippen LogP contribution is 2.37. The van der Waals surface area contributed by atoms with Gasteiger partial charge in [0.1, 0.15) is 5.82 Å². The van der Waals surface area contributed by atoms with Crippen molar-refractivity contribution < 1.29 is 17.6 Å². The van der Waals surface area contributed by atoms with E-state index < -0.39 is 17.6 Å². The molecule has 0 aromatic heterocycles. The van der Waals surface area contributed by atoms with Crippen LogP contribution in [0.3, 0.4) is 0 Å². The molecule has 1 aliphatic heterocycles. The molecule has 0 bridgehead atoms. The minimum Gasteiger partial charge on any atom is -0.314 e. The number of halogens is 4. The first-order valence-corrected chi connectivity index (χ1v) is 8.16. The number of hydrogen-bond donors (Lipinski definition) is 1. The maximum atomic E-state index is 14.4. The third kappa shape index (κ3) is 4.44. The van der Waals surface area contributed by atoms with Gasteiger partial charge in [0.25, 0.3) is 0 Å². The molecule has 1 aliphatic rings. The van der Waals surface area contributed by atoms with Crippen LogP contribution in [0.2, 0.25) is 0 Å². The Morgan fingerprint density at radius 1 is 1.22 bits per heavy atom. The van der Waals surface area contributed by atoms with Crippen LogP contribution in [0.25, 0.3) is 0 Å². The van der Waals surface area contributed by atoms with Crippen molar-refractivity contribution in [3.63, 3.8) is 0 Å². The highest BCUT2D eigenvalue weighted by molar-refractivity contribution is 5.30. The van der Waals surface area contributed by atoms with Crippen LogP contribution < -0.4 is 5.32 Å². The van der Waals surface area contributed by atoms with Gasteiger partial charge in [0.15, 0.2) is 0 Å². The first-order chi connectivity index (χ1) is 10.8. The summed E-state index contributed by atoms with van der Waals surface area (Å²) in [5, 5.41) is 3.23. The third-order valence-electron chi connectivity index (χ3n) is 4.47. The number of hydrogen-bond acceptors (Lipinski definition) is 2. The van der Waals surface area contributed by atoms with Crippen LogP contribution in [0.1, 0.15) is 43.9 Å². The molecule has 0 aliphatic carbocycles. The van der Waals surface area contributed by atoms with E-state index in [0.717, 1.165) is 44.1 Å². The molecule has 0 spiro atoms.